The van der Waals surface area contributed by atoms with Crippen molar-refractivity contribution in [2.75, 3.05) is 49.4 Å². The van der Waals surface area contributed by atoms with Crippen LogP contribution >= 0.6 is 12.4 Å². The molecule has 52 heavy (non-hydrogen) atoms. The lowest BCUT2D eigenvalue weighted by molar-refractivity contribution is -0.117. The Morgan fingerprint density at radius 3 is 1.90 bits per heavy atom. The molecule has 1 atom stereocenters. The van der Waals surface area contributed by atoms with Crippen LogP contribution in [0, 0.1) is 11.3 Å². The van der Waals surface area contributed by atoms with Crippen LogP contribution in [0.3, 0.4) is 0 Å². The van der Waals surface area contributed by atoms with Gasteiger partial charge >= 0.3 is 5.97 Å². The highest BCUT2D eigenvalue weighted by atomic mass is 35.5. The van der Waals surface area contributed by atoms with Gasteiger partial charge in [-0.15, -0.1) is 12.4 Å². The number of nitrogens with two attached hydrogens (primary N) is 1. The van der Waals surface area contributed by atoms with Gasteiger partial charge < -0.3 is 40.1 Å². The number of nitriles is 1. The molecule has 17 heteroatoms. The van der Waals surface area contributed by atoms with Gasteiger partial charge in [-0.1, -0.05) is 38.0 Å². The van der Waals surface area contributed by atoms with Gasteiger partial charge in [0.1, 0.15) is 25.4 Å². The molecule has 0 bridgehead atoms. The predicted molar refractivity (Wildman–Crippen MR) is 197 cm³/mol. The average molecular weight is 756 g/mol. The summed E-state index contributed by atoms with van der Waals surface area (Å²) in [5.74, 6) is -2.27. The van der Waals surface area contributed by atoms with Crippen LogP contribution in [0.25, 0.3) is 0 Å². The molecule has 3 aromatic rings. The molecule has 15 nitrogen and oxygen atoms in total. The highest BCUT2D eigenvalue weighted by Crippen LogP contribution is 2.42. The second-order valence-electron chi connectivity index (χ2n) is 10.2. The normalized spacial score (nSPS) is 10.9. The second kappa shape index (κ2) is 20.0. The molecular weight excluding hydrogens is 718 g/mol. The first-order valence-corrected chi connectivity index (χ1v) is 16.5. The number of anilines is 3. The number of sulfonamides is 1. The Labute approximate surface area is 307 Å². The molecular formula is C35H38ClN5O10S. The van der Waals surface area contributed by atoms with Gasteiger partial charge in [0.2, 0.25) is 5.91 Å². The van der Waals surface area contributed by atoms with Gasteiger partial charge in [-0.05, 0) is 48.5 Å². The van der Waals surface area contributed by atoms with Gasteiger partial charge in [0.25, 0.3) is 15.9 Å². The minimum atomic E-state index is -4.24. The van der Waals surface area contributed by atoms with E-state index in [-0.39, 0.29) is 94.7 Å². The third kappa shape index (κ3) is 10.5. The number of carbonyl (C=O) groups is 3. The van der Waals surface area contributed by atoms with Gasteiger partial charge in [-0.3, -0.25) is 14.3 Å². The number of rotatable bonds is 19. The number of hydrogen-bond donors (Lipinski definition) is 4. The molecule has 276 valence electrons. The maximum Gasteiger partial charge on any atom is 0.342 e. The molecule has 0 saturated heterocycles. The Morgan fingerprint density at radius 1 is 0.808 bits per heavy atom. The highest BCUT2D eigenvalue weighted by molar-refractivity contribution is 7.92. The maximum atomic E-state index is 13.7. The molecule has 1 unspecified atom stereocenters. The van der Waals surface area contributed by atoms with Crippen molar-refractivity contribution >= 4 is 57.3 Å². The monoisotopic (exact) mass is 755 g/mol. The lowest BCUT2D eigenvalue weighted by Crippen LogP contribution is -2.35. The van der Waals surface area contributed by atoms with E-state index in [0.717, 1.165) is 0 Å². The SMILES string of the molecule is C=CCOC(=O)c1ccc(NC(=O)c2ccc(NS(=O)(=O)c3ccc(NC(=O)C(N)CC#N)cc3)c(OC)c2OCC=C)c(OC)c1OCC=C.Cl. The maximum absolute atomic E-state index is 13.7. The quantitative estimate of drug-likeness (QED) is 0.0956. The minimum absolute atomic E-state index is 0. The van der Waals surface area contributed by atoms with Crippen LogP contribution in [0.4, 0.5) is 17.1 Å². The molecule has 0 spiro atoms. The number of ether oxygens (including phenoxy) is 5. The van der Waals surface area contributed by atoms with Crippen molar-refractivity contribution < 1.29 is 46.5 Å². The van der Waals surface area contributed by atoms with Gasteiger partial charge in [0, 0.05) is 5.69 Å². The van der Waals surface area contributed by atoms with E-state index in [9.17, 15) is 22.8 Å². The smallest absolute Gasteiger partial charge is 0.342 e. The first-order chi connectivity index (χ1) is 24.5. The summed E-state index contributed by atoms with van der Waals surface area (Å²) in [6, 6.07) is 11.4. The van der Waals surface area contributed by atoms with Crippen LogP contribution in [0.15, 0.2) is 91.4 Å². The van der Waals surface area contributed by atoms with Crippen LogP contribution < -0.4 is 40.0 Å². The van der Waals surface area contributed by atoms with Crippen molar-refractivity contribution in [3.63, 3.8) is 0 Å². The largest absolute Gasteiger partial charge is 0.491 e. The summed E-state index contributed by atoms with van der Waals surface area (Å²) in [4.78, 5) is 38.4. The van der Waals surface area contributed by atoms with Gasteiger partial charge in [0.15, 0.2) is 23.0 Å². The predicted octanol–water partition coefficient (Wildman–Crippen LogP) is 4.83. The molecule has 0 saturated carbocycles. The zero-order chi connectivity index (χ0) is 37.6. The van der Waals surface area contributed by atoms with E-state index in [1.165, 1.54) is 81.0 Å². The van der Waals surface area contributed by atoms with E-state index in [0.29, 0.717) is 0 Å². The van der Waals surface area contributed by atoms with E-state index in [2.05, 4.69) is 35.1 Å². The minimum Gasteiger partial charge on any atom is -0.491 e. The highest BCUT2D eigenvalue weighted by Gasteiger charge is 2.27. The van der Waals surface area contributed by atoms with Crippen LogP contribution in [-0.2, 0) is 19.6 Å². The third-order valence-corrected chi connectivity index (χ3v) is 8.07. The Morgan fingerprint density at radius 2 is 1.35 bits per heavy atom. The topological polar surface area (TPSA) is 217 Å². The number of hydrogen-bond acceptors (Lipinski definition) is 12. The fourth-order valence-corrected chi connectivity index (χ4v) is 5.43. The Bertz CT molecular complexity index is 1950. The van der Waals surface area contributed by atoms with E-state index in [1.54, 1.807) is 6.07 Å². The van der Waals surface area contributed by atoms with Crippen LogP contribution in [0.5, 0.6) is 23.0 Å². The Hall–Kier alpha value is -6.02. The van der Waals surface area contributed by atoms with Crippen molar-refractivity contribution in [1.29, 1.82) is 5.26 Å². The van der Waals surface area contributed by atoms with Crippen LogP contribution in [-0.4, -0.2) is 66.3 Å². The molecule has 2 amide bonds. The Balaban J connectivity index is 0.00000936. The van der Waals surface area contributed by atoms with Crippen molar-refractivity contribution in [2.45, 2.75) is 17.4 Å². The van der Waals surface area contributed by atoms with Gasteiger partial charge in [0.05, 0.1) is 54.6 Å². The fraction of sp³-hybridized carbons (Fsp3) is 0.200. The van der Waals surface area contributed by atoms with Crippen LogP contribution in [0.2, 0.25) is 0 Å². The number of nitrogens with zero attached hydrogens (tertiary/aromatic N) is 1. The number of methoxy groups -OCH3 is 2. The summed E-state index contributed by atoms with van der Waals surface area (Å²) in [6.45, 7) is 10.7. The molecule has 0 aliphatic carbocycles. The van der Waals surface area contributed by atoms with Gasteiger partial charge in [-0.2, -0.15) is 5.26 Å². The number of esters is 1. The van der Waals surface area contributed by atoms with Crippen molar-refractivity contribution in [1.82, 2.24) is 0 Å². The number of carbonyl (C=O) groups excluding carboxylic acids is 3. The van der Waals surface area contributed by atoms with Crippen molar-refractivity contribution in [3.8, 4) is 29.1 Å². The lowest BCUT2D eigenvalue weighted by atomic mass is 10.1. The molecule has 0 fully saturated rings. The summed E-state index contributed by atoms with van der Waals surface area (Å²) in [7, 11) is -1.65. The molecule has 0 radical (unpaired) electrons. The molecule has 5 N–H and O–H groups in total. The van der Waals surface area contributed by atoms with E-state index < -0.39 is 33.8 Å². The molecule has 3 rings (SSSR count). The van der Waals surface area contributed by atoms with E-state index >= 15 is 0 Å². The van der Waals surface area contributed by atoms with Crippen molar-refractivity contribution in [2.24, 2.45) is 5.73 Å². The number of nitrogens with one attached hydrogen (secondary N) is 3. The number of halogens is 1. The zero-order valence-corrected chi connectivity index (χ0v) is 29.9. The zero-order valence-electron chi connectivity index (χ0n) is 28.3. The lowest BCUT2D eigenvalue weighted by Gasteiger charge is -2.20. The van der Waals surface area contributed by atoms with Crippen LogP contribution in [0.1, 0.15) is 27.1 Å². The average Bonchev–Trinajstić information content (AvgIpc) is 3.11. The van der Waals surface area contributed by atoms with Crippen molar-refractivity contribution in [3.05, 3.63) is 97.6 Å². The molecule has 0 heterocycles. The molecule has 0 aliphatic rings. The fourth-order valence-electron chi connectivity index (χ4n) is 4.37. The standard InChI is InChI=1S/C35H37N5O10S.ClH/c1-6-19-48-29-24(33(41)39-27-15-14-25(35(43)50-21-8-3)30(31(27)46-4)49-20-7-2)13-16-28(32(29)47-5)40-51(44,45)23-11-9-22(10-12-23)38-34(42)26(37)17-18-36;/h6-16,26,40H,1-3,17,19-21,37H2,4-5H3,(H,38,42)(H,39,41);1H. The summed E-state index contributed by atoms with van der Waals surface area (Å²) >= 11 is 0. The van der Waals surface area contributed by atoms with Gasteiger partial charge in [-0.25, -0.2) is 13.2 Å². The third-order valence-electron chi connectivity index (χ3n) is 6.69. The second-order valence-corrected chi connectivity index (χ2v) is 11.9. The summed E-state index contributed by atoms with van der Waals surface area (Å²) < 4.78 is 56.9. The summed E-state index contributed by atoms with van der Waals surface area (Å²) in [5.41, 5.74) is 5.93. The van der Waals surface area contributed by atoms with E-state index in [1.807, 2.05) is 0 Å². The first kappa shape index (κ1) is 42.1. The first-order valence-electron chi connectivity index (χ1n) is 15.0. The summed E-state index contributed by atoms with van der Waals surface area (Å²) in [5, 5.41) is 14.0. The molecule has 0 aliphatic heterocycles. The molecule has 3 aromatic carbocycles. The number of amides is 2. The number of benzene rings is 3. The van der Waals surface area contributed by atoms with E-state index in [4.69, 9.17) is 34.7 Å². The molecule has 0 aromatic heterocycles. The Kier molecular flexibility index (Phi) is 16.2. The summed E-state index contributed by atoms with van der Waals surface area (Å²) in [6.07, 6.45) is 4.09.